The van der Waals surface area contributed by atoms with Gasteiger partial charge < -0.3 is 14.8 Å². The highest BCUT2D eigenvalue weighted by atomic mass is 16.5. The summed E-state index contributed by atoms with van der Waals surface area (Å²) in [6, 6.07) is 0. The third kappa shape index (κ3) is 4.81. The number of ether oxygens (including phenoxy) is 2. The highest BCUT2D eigenvalue weighted by molar-refractivity contribution is 5.03. The maximum atomic E-state index is 5.50. The zero-order valence-electron chi connectivity index (χ0n) is 11.1. The van der Waals surface area contributed by atoms with E-state index in [2.05, 4.69) is 26.1 Å². The van der Waals surface area contributed by atoms with Crippen molar-refractivity contribution in [2.45, 2.75) is 45.6 Å². The minimum absolute atomic E-state index is 0.433. The van der Waals surface area contributed by atoms with Gasteiger partial charge in [0.15, 0.2) is 0 Å². The summed E-state index contributed by atoms with van der Waals surface area (Å²) in [6.07, 6.45) is 3.73. The Morgan fingerprint density at radius 1 is 1.06 bits per heavy atom. The normalized spacial score (nSPS) is 18.0. The summed E-state index contributed by atoms with van der Waals surface area (Å²) in [4.78, 5) is 0. The lowest BCUT2D eigenvalue weighted by molar-refractivity contribution is 0.0477. The van der Waals surface area contributed by atoms with E-state index in [0.29, 0.717) is 5.54 Å². The maximum absolute atomic E-state index is 5.50. The fourth-order valence-corrected chi connectivity index (χ4v) is 1.93. The van der Waals surface area contributed by atoms with Crippen molar-refractivity contribution in [1.29, 1.82) is 0 Å². The molecule has 3 heteroatoms. The first-order valence-electron chi connectivity index (χ1n) is 6.62. The number of rotatable bonds is 10. The predicted octanol–water partition coefficient (Wildman–Crippen LogP) is 2.21. The average Bonchev–Trinajstić information content (AvgIpc) is 3.03. The average molecular weight is 229 g/mol. The Morgan fingerprint density at radius 3 is 2.19 bits per heavy atom. The second-order valence-corrected chi connectivity index (χ2v) is 4.96. The molecule has 0 aliphatic heterocycles. The maximum Gasteiger partial charge on any atom is 0.0701 e. The molecule has 0 heterocycles. The summed E-state index contributed by atoms with van der Waals surface area (Å²) in [5, 5.41) is 3.61. The zero-order valence-corrected chi connectivity index (χ0v) is 11.1. The van der Waals surface area contributed by atoms with Gasteiger partial charge in [0.1, 0.15) is 0 Å². The zero-order chi connectivity index (χ0) is 11.9. The van der Waals surface area contributed by atoms with Crippen LogP contribution in [0.1, 0.15) is 40.0 Å². The van der Waals surface area contributed by atoms with E-state index in [9.17, 15) is 0 Å². The summed E-state index contributed by atoms with van der Waals surface area (Å²) in [5.74, 6) is 0.736. The van der Waals surface area contributed by atoms with Crippen LogP contribution >= 0.6 is 0 Å². The third-order valence-corrected chi connectivity index (χ3v) is 3.34. The Balaban J connectivity index is 1.85. The SMILES string of the molecule is CCCOCCOCCNC1(C(C)C)CC1. The van der Waals surface area contributed by atoms with Crippen molar-refractivity contribution in [1.82, 2.24) is 5.32 Å². The van der Waals surface area contributed by atoms with Gasteiger partial charge in [-0.05, 0) is 25.2 Å². The Kier molecular flexibility index (Phi) is 6.32. The monoisotopic (exact) mass is 229 g/mol. The van der Waals surface area contributed by atoms with E-state index in [1.165, 1.54) is 12.8 Å². The molecule has 0 bridgehead atoms. The Bertz CT molecular complexity index is 179. The highest BCUT2D eigenvalue weighted by Gasteiger charge is 2.44. The fraction of sp³-hybridized carbons (Fsp3) is 1.00. The van der Waals surface area contributed by atoms with E-state index in [-0.39, 0.29) is 0 Å². The van der Waals surface area contributed by atoms with Crippen molar-refractivity contribution in [3.05, 3.63) is 0 Å². The van der Waals surface area contributed by atoms with E-state index in [0.717, 1.165) is 45.3 Å². The molecule has 0 spiro atoms. The molecule has 0 aromatic rings. The summed E-state index contributed by atoms with van der Waals surface area (Å²) < 4.78 is 10.8. The van der Waals surface area contributed by atoms with Gasteiger partial charge in [0.2, 0.25) is 0 Å². The van der Waals surface area contributed by atoms with E-state index < -0.39 is 0 Å². The molecule has 3 nitrogen and oxygen atoms in total. The van der Waals surface area contributed by atoms with Crippen LogP contribution in [-0.4, -0.2) is 38.5 Å². The lowest BCUT2D eigenvalue weighted by atomic mass is 10.0. The van der Waals surface area contributed by atoms with Gasteiger partial charge in [-0.15, -0.1) is 0 Å². The summed E-state index contributed by atoms with van der Waals surface area (Å²) in [5.41, 5.74) is 0.433. The van der Waals surface area contributed by atoms with Crippen LogP contribution in [0.2, 0.25) is 0 Å². The molecule has 0 radical (unpaired) electrons. The second-order valence-electron chi connectivity index (χ2n) is 4.96. The van der Waals surface area contributed by atoms with Crippen LogP contribution in [0.25, 0.3) is 0 Å². The lowest BCUT2D eigenvalue weighted by Crippen LogP contribution is -2.38. The number of nitrogens with one attached hydrogen (secondary N) is 1. The largest absolute Gasteiger partial charge is 0.379 e. The molecule has 0 aromatic heterocycles. The van der Waals surface area contributed by atoms with Gasteiger partial charge in [-0.1, -0.05) is 20.8 Å². The van der Waals surface area contributed by atoms with Crippen molar-refractivity contribution in [2.24, 2.45) is 5.92 Å². The van der Waals surface area contributed by atoms with E-state index in [1.807, 2.05) is 0 Å². The van der Waals surface area contributed by atoms with Crippen LogP contribution in [0, 0.1) is 5.92 Å². The van der Waals surface area contributed by atoms with Gasteiger partial charge in [0, 0.05) is 18.7 Å². The molecule has 96 valence electrons. The first-order chi connectivity index (χ1) is 7.71. The first kappa shape index (κ1) is 13.9. The lowest BCUT2D eigenvalue weighted by Gasteiger charge is -2.21. The molecule has 0 unspecified atom stereocenters. The molecule has 1 saturated carbocycles. The van der Waals surface area contributed by atoms with Gasteiger partial charge in [-0.3, -0.25) is 0 Å². The summed E-state index contributed by atoms with van der Waals surface area (Å²) in [6.45, 7) is 10.7. The quantitative estimate of drug-likeness (QED) is 0.583. The molecule has 16 heavy (non-hydrogen) atoms. The standard InChI is InChI=1S/C13H27NO2/c1-4-8-15-10-11-16-9-7-14-13(5-6-13)12(2)3/h12,14H,4-11H2,1-3H3. The molecule has 1 N–H and O–H groups in total. The summed E-state index contributed by atoms with van der Waals surface area (Å²) in [7, 11) is 0. The third-order valence-electron chi connectivity index (χ3n) is 3.34. The van der Waals surface area contributed by atoms with Gasteiger partial charge in [-0.25, -0.2) is 0 Å². The minimum Gasteiger partial charge on any atom is -0.379 e. The molecule has 1 fully saturated rings. The van der Waals surface area contributed by atoms with Gasteiger partial charge in [-0.2, -0.15) is 0 Å². The first-order valence-corrected chi connectivity index (χ1v) is 6.62. The van der Waals surface area contributed by atoms with Crippen LogP contribution in [0.3, 0.4) is 0 Å². The minimum atomic E-state index is 0.433. The molecule has 0 aromatic carbocycles. The van der Waals surface area contributed by atoms with Crippen molar-refractivity contribution in [3.63, 3.8) is 0 Å². The van der Waals surface area contributed by atoms with Crippen LogP contribution in [0.4, 0.5) is 0 Å². The molecule has 1 aliphatic rings. The van der Waals surface area contributed by atoms with E-state index >= 15 is 0 Å². The summed E-state index contributed by atoms with van der Waals surface area (Å²) >= 11 is 0. The van der Waals surface area contributed by atoms with Crippen LogP contribution in [0.15, 0.2) is 0 Å². The molecule has 0 amide bonds. The van der Waals surface area contributed by atoms with Crippen LogP contribution in [-0.2, 0) is 9.47 Å². The van der Waals surface area contributed by atoms with Crippen molar-refractivity contribution in [3.8, 4) is 0 Å². The highest BCUT2D eigenvalue weighted by Crippen LogP contribution is 2.41. The Morgan fingerprint density at radius 2 is 1.69 bits per heavy atom. The molecule has 1 aliphatic carbocycles. The molecule has 0 atom stereocenters. The fourth-order valence-electron chi connectivity index (χ4n) is 1.93. The van der Waals surface area contributed by atoms with Crippen molar-refractivity contribution in [2.75, 3.05) is 33.0 Å². The number of hydrogen-bond donors (Lipinski definition) is 1. The van der Waals surface area contributed by atoms with Crippen LogP contribution < -0.4 is 5.32 Å². The van der Waals surface area contributed by atoms with Crippen LogP contribution in [0.5, 0.6) is 0 Å². The van der Waals surface area contributed by atoms with E-state index in [1.54, 1.807) is 0 Å². The van der Waals surface area contributed by atoms with Gasteiger partial charge in [0.25, 0.3) is 0 Å². The Labute approximate surface area is 99.9 Å². The van der Waals surface area contributed by atoms with Gasteiger partial charge >= 0.3 is 0 Å². The molecular weight excluding hydrogens is 202 g/mol. The topological polar surface area (TPSA) is 30.5 Å². The van der Waals surface area contributed by atoms with E-state index in [4.69, 9.17) is 9.47 Å². The number of hydrogen-bond acceptors (Lipinski definition) is 3. The molecular formula is C13H27NO2. The predicted molar refractivity (Wildman–Crippen MR) is 66.7 cm³/mol. The smallest absolute Gasteiger partial charge is 0.0701 e. The molecule has 1 rings (SSSR count). The second kappa shape index (κ2) is 7.25. The van der Waals surface area contributed by atoms with Crippen molar-refractivity contribution >= 4 is 0 Å². The van der Waals surface area contributed by atoms with Gasteiger partial charge in [0.05, 0.1) is 19.8 Å². The van der Waals surface area contributed by atoms with Crippen molar-refractivity contribution < 1.29 is 9.47 Å². The molecule has 0 saturated heterocycles. The Hall–Kier alpha value is -0.120.